The van der Waals surface area contributed by atoms with Gasteiger partial charge in [-0.3, -0.25) is 9.59 Å². The molecular weight excluding hydrogens is 320 g/mol. The predicted molar refractivity (Wildman–Crippen MR) is 94.9 cm³/mol. The molecule has 25 heavy (non-hydrogen) atoms. The van der Waals surface area contributed by atoms with Crippen molar-refractivity contribution in [2.75, 3.05) is 26.3 Å². The minimum absolute atomic E-state index is 0.0713. The molecule has 0 aliphatic rings. The molecule has 0 aromatic heterocycles. The second-order valence-corrected chi connectivity index (χ2v) is 5.14. The lowest BCUT2D eigenvalue weighted by Crippen LogP contribution is -2.36. The zero-order valence-electron chi connectivity index (χ0n) is 14.2. The summed E-state index contributed by atoms with van der Waals surface area (Å²) in [6.07, 6.45) is 0. The maximum Gasteiger partial charge on any atom is 0.255 e. The first-order valence-corrected chi connectivity index (χ1v) is 8.15. The summed E-state index contributed by atoms with van der Waals surface area (Å²) in [5, 5.41) is 5.20. The maximum absolute atomic E-state index is 12.2. The first-order chi connectivity index (χ1) is 12.2. The van der Waals surface area contributed by atoms with E-state index >= 15 is 0 Å². The summed E-state index contributed by atoms with van der Waals surface area (Å²) in [6.45, 7) is 2.93. The van der Waals surface area contributed by atoms with Gasteiger partial charge in [0.1, 0.15) is 24.7 Å². The van der Waals surface area contributed by atoms with Crippen LogP contribution in [-0.2, 0) is 4.79 Å². The number of ether oxygens (including phenoxy) is 2. The molecule has 0 aliphatic carbocycles. The van der Waals surface area contributed by atoms with Crippen LogP contribution in [0.5, 0.6) is 11.5 Å². The van der Waals surface area contributed by atoms with Crippen LogP contribution in [-0.4, -0.2) is 38.1 Å². The van der Waals surface area contributed by atoms with E-state index in [2.05, 4.69) is 10.6 Å². The molecule has 0 spiro atoms. The zero-order chi connectivity index (χ0) is 17.9. The topological polar surface area (TPSA) is 76.7 Å². The number of benzene rings is 2. The van der Waals surface area contributed by atoms with Crippen molar-refractivity contribution < 1.29 is 19.1 Å². The van der Waals surface area contributed by atoms with E-state index in [4.69, 9.17) is 9.47 Å². The van der Waals surface area contributed by atoms with Gasteiger partial charge < -0.3 is 20.1 Å². The number of likely N-dealkylation sites (N-methyl/N-ethyl adjacent to an activating group) is 1. The molecule has 2 aromatic carbocycles. The summed E-state index contributed by atoms with van der Waals surface area (Å²) >= 11 is 0. The molecule has 0 saturated heterocycles. The minimum Gasteiger partial charge on any atom is -0.490 e. The van der Waals surface area contributed by atoms with E-state index in [-0.39, 0.29) is 18.4 Å². The van der Waals surface area contributed by atoms with Crippen LogP contribution in [0.15, 0.2) is 54.6 Å². The number of amides is 2. The normalized spacial score (nSPS) is 9.96. The van der Waals surface area contributed by atoms with Crippen molar-refractivity contribution in [1.29, 1.82) is 0 Å². The lowest BCUT2D eigenvalue weighted by molar-refractivity contribution is -0.120. The Bertz CT molecular complexity index is 689. The Hall–Kier alpha value is -3.02. The van der Waals surface area contributed by atoms with Crippen LogP contribution in [0.25, 0.3) is 0 Å². The second kappa shape index (κ2) is 9.97. The average molecular weight is 342 g/mol. The third-order valence-corrected chi connectivity index (χ3v) is 3.27. The summed E-state index contributed by atoms with van der Waals surface area (Å²) < 4.78 is 11.2. The summed E-state index contributed by atoms with van der Waals surface area (Å²) in [4.78, 5) is 23.7. The largest absolute Gasteiger partial charge is 0.490 e. The third-order valence-electron chi connectivity index (χ3n) is 3.27. The molecule has 2 rings (SSSR count). The molecular formula is C19H22N2O4. The van der Waals surface area contributed by atoms with Gasteiger partial charge in [-0.15, -0.1) is 0 Å². The van der Waals surface area contributed by atoms with Gasteiger partial charge in [-0.25, -0.2) is 0 Å². The van der Waals surface area contributed by atoms with Crippen molar-refractivity contribution >= 4 is 11.8 Å². The van der Waals surface area contributed by atoms with E-state index in [1.165, 1.54) is 0 Å². The quantitative estimate of drug-likeness (QED) is 0.684. The molecule has 6 nitrogen and oxygen atoms in total. The Kier molecular flexibility index (Phi) is 7.31. The first-order valence-electron chi connectivity index (χ1n) is 8.15. The van der Waals surface area contributed by atoms with E-state index in [1.807, 2.05) is 37.3 Å². The van der Waals surface area contributed by atoms with Crippen molar-refractivity contribution in [2.24, 2.45) is 0 Å². The number of carbonyl (C=O) groups is 2. The fourth-order valence-corrected chi connectivity index (χ4v) is 2.12. The van der Waals surface area contributed by atoms with E-state index in [9.17, 15) is 9.59 Å². The molecule has 132 valence electrons. The van der Waals surface area contributed by atoms with Gasteiger partial charge in [0.25, 0.3) is 5.91 Å². The predicted octanol–water partition coefficient (Wildman–Crippen LogP) is 2.01. The van der Waals surface area contributed by atoms with Crippen molar-refractivity contribution in [3.63, 3.8) is 0 Å². The Balaban J connectivity index is 1.84. The van der Waals surface area contributed by atoms with Gasteiger partial charge in [-0.2, -0.15) is 0 Å². The van der Waals surface area contributed by atoms with Crippen LogP contribution in [0.3, 0.4) is 0 Å². The van der Waals surface area contributed by atoms with Crippen LogP contribution in [0, 0.1) is 0 Å². The van der Waals surface area contributed by atoms with Crippen molar-refractivity contribution in [2.45, 2.75) is 6.92 Å². The number of carbonyl (C=O) groups excluding carboxylic acids is 2. The molecule has 0 bridgehead atoms. The number of rotatable bonds is 9. The number of para-hydroxylation sites is 2. The lowest BCUT2D eigenvalue weighted by atomic mass is 10.2. The Morgan fingerprint density at radius 3 is 2.32 bits per heavy atom. The Morgan fingerprint density at radius 2 is 1.56 bits per heavy atom. The summed E-state index contributed by atoms with van der Waals surface area (Å²) in [6, 6.07) is 16.3. The summed E-state index contributed by atoms with van der Waals surface area (Å²) in [5.41, 5.74) is 0.381. The van der Waals surface area contributed by atoms with Gasteiger partial charge in [0, 0.05) is 6.54 Å². The van der Waals surface area contributed by atoms with Gasteiger partial charge in [0.05, 0.1) is 12.1 Å². The van der Waals surface area contributed by atoms with E-state index in [0.717, 1.165) is 5.75 Å². The minimum atomic E-state index is -0.356. The van der Waals surface area contributed by atoms with Gasteiger partial charge in [0.2, 0.25) is 5.91 Å². The molecule has 0 unspecified atom stereocenters. The molecule has 6 heteroatoms. The van der Waals surface area contributed by atoms with E-state index in [1.54, 1.807) is 24.3 Å². The van der Waals surface area contributed by atoms with Gasteiger partial charge >= 0.3 is 0 Å². The highest BCUT2D eigenvalue weighted by Gasteiger charge is 2.13. The molecule has 2 aromatic rings. The fourth-order valence-electron chi connectivity index (χ4n) is 2.12. The molecule has 0 heterocycles. The molecule has 0 atom stereocenters. The van der Waals surface area contributed by atoms with Crippen LogP contribution < -0.4 is 20.1 Å². The Labute approximate surface area is 147 Å². The van der Waals surface area contributed by atoms with E-state index < -0.39 is 0 Å². The highest BCUT2D eigenvalue weighted by atomic mass is 16.5. The van der Waals surface area contributed by atoms with Gasteiger partial charge in [-0.1, -0.05) is 30.3 Å². The highest BCUT2D eigenvalue weighted by Crippen LogP contribution is 2.18. The molecule has 0 aliphatic heterocycles. The highest BCUT2D eigenvalue weighted by molar-refractivity contribution is 5.98. The monoisotopic (exact) mass is 342 g/mol. The third kappa shape index (κ3) is 6.18. The summed E-state index contributed by atoms with van der Waals surface area (Å²) in [7, 11) is 0. The van der Waals surface area contributed by atoms with Crippen LogP contribution in [0.1, 0.15) is 17.3 Å². The number of hydrogen-bond acceptors (Lipinski definition) is 4. The standard InChI is InChI=1S/C19H22N2O4/c1-2-20-18(22)14-21-19(23)16-10-6-7-11-17(16)25-13-12-24-15-8-4-3-5-9-15/h3-11H,2,12-14H2,1H3,(H,20,22)(H,21,23). The fraction of sp³-hybridized carbons (Fsp3) is 0.263. The zero-order valence-corrected chi connectivity index (χ0v) is 14.2. The van der Waals surface area contributed by atoms with Crippen LogP contribution >= 0.6 is 0 Å². The van der Waals surface area contributed by atoms with Crippen molar-refractivity contribution in [3.05, 3.63) is 60.2 Å². The molecule has 0 radical (unpaired) electrons. The average Bonchev–Trinajstić information content (AvgIpc) is 2.65. The summed E-state index contributed by atoms with van der Waals surface area (Å²) in [5.74, 6) is 0.628. The lowest BCUT2D eigenvalue weighted by Gasteiger charge is -2.12. The maximum atomic E-state index is 12.2. The molecule has 2 amide bonds. The van der Waals surface area contributed by atoms with Crippen LogP contribution in [0.4, 0.5) is 0 Å². The smallest absolute Gasteiger partial charge is 0.255 e. The second-order valence-electron chi connectivity index (χ2n) is 5.14. The molecule has 0 saturated carbocycles. The van der Waals surface area contributed by atoms with Crippen molar-refractivity contribution in [1.82, 2.24) is 10.6 Å². The SMILES string of the molecule is CCNC(=O)CNC(=O)c1ccccc1OCCOc1ccccc1. The number of hydrogen-bond donors (Lipinski definition) is 2. The van der Waals surface area contributed by atoms with E-state index in [0.29, 0.717) is 31.1 Å². The molecule has 0 fully saturated rings. The van der Waals surface area contributed by atoms with Gasteiger partial charge in [-0.05, 0) is 31.2 Å². The van der Waals surface area contributed by atoms with Crippen LogP contribution in [0.2, 0.25) is 0 Å². The number of nitrogens with one attached hydrogen (secondary N) is 2. The first kappa shape index (κ1) is 18.3. The van der Waals surface area contributed by atoms with Gasteiger partial charge in [0.15, 0.2) is 0 Å². The Morgan fingerprint density at radius 1 is 0.880 bits per heavy atom. The molecule has 2 N–H and O–H groups in total. The van der Waals surface area contributed by atoms with Crippen molar-refractivity contribution in [3.8, 4) is 11.5 Å².